The molecule has 1 aromatic heterocycles. The maximum absolute atomic E-state index is 4.62. The van der Waals surface area contributed by atoms with Gasteiger partial charge in [0, 0.05) is 18.3 Å². The minimum Gasteiger partial charge on any atom is -0.316 e. The molecule has 0 radical (unpaired) electrons. The molecule has 3 nitrogen and oxygen atoms in total. The van der Waals surface area contributed by atoms with Crippen LogP contribution in [0.1, 0.15) is 36.6 Å². The molecule has 2 rings (SSSR count). The fourth-order valence-corrected chi connectivity index (χ4v) is 2.17. The molecule has 0 saturated carbocycles. The average molecular weight is 243 g/mol. The summed E-state index contributed by atoms with van der Waals surface area (Å²) >= 11 is 0. The quantitative estimate of drug-likeness (QED) is 0.894. The molecule has 0 bridgehead atoms. The summed E-state index contributed by atoms with van der Waals surface area (Å²) in [5, 5.41) is 7.79. The van der Waals surface area contributed by atoms with Crippen molar-refractivity contribution in [1.82, 2.24) is 15.1 Å². The van der Waals surface area contributed by atoms with Crippen molar-refractivity contribution in [3.63, 3.8) is 0 Å². The number of hydrogen-bond donors (Lipinski definition) is 1. The molecule has 1 heterocycles. The first-order chi connectivity index (χ1) is 8.63. The number of aromatic nitrogens is 2. The second-order valence-electron chi connectivity index (χ2n) is 4.93. The van der Waals surface area contributed by atoms with E-state index in [-0.39, 0.29) is 0 Å². The third-order valence-corrected chi connectivity index (χ3v) is 3.17. The molecular formula is C15H21N3. The summed E-state index contributed by atoms with van der Waals surface area (Å²) in [5.74, 6) is 0.499. The van der Waals surface area contributed by atoms with Crippen LogP contribution in [0.5, 0.6) is 0 Å². The lowest BCUT2D eigenvalue weighted by Crippen LogP contribution is -2.05. The van der Waals surface area contributed by atoms with Gasteiger partial charge in [0.2, 0.25) is 0 Å². The first-order valence-corrected chi connectivity index (χ1v) is 6.42. The minimum absolute atomic E-state index is 0.499. The number of benzene rings is 1. The van der Waals surface area contributed by atoms with Crippen LogP contribution in [0.15, 0.2) is 30.5 Å². The van der Waals surface area contributed by atoms with Gasteiger partial charge in [0.1, 0.15) is 0 Å². The van der Waals surface area contributed by atoms with Gasteiger partial charge in [-0.15, -0.1) is 0 Å². The molecule has 0 unspecified atom stereocenters. The van der Waals surface area contributed by atoms with Crippen molar-refractivity contribution < 1.29 is 0 Å². The van der Waals surface area contributed by atoms with E-state index >= 15 is 0 Å². The Bertz CT molecular complexity index is 526. The summed E-state index contributed by atoms with van der Waals surface area (Å²) in [7, 11) is 1.96. The zero-order chi connectivity index (χ0) is 13.1. The van der Waals surface area contributed by atoms with Gasteiger partial charge in [0.15, 0.2) is 0 Å². The maximum atomic E-state index is 4.62. The van der Waals surface area contributed by atoms with Crippen LogP contribution in [0.2, 0.25) is 0 Å². The van der Waals surface area contributed by atoms with Crippen LogP contribution in [0.25, 0.3) is 5.69 Å². The highest BCUT2D eigenvalue weighted by Crippen LogP contribution is 2.23. The Balaban J connectivity index is 2.45. The molecule has 18 heavy (non-hydrogen) atoms. The lowest BCUT2D eigenvalue weighted by atomic mass is 10.0. The molecule has 96 valence electrons. The van der Waals surface area contributed by atoms with E-state index in [0.717, 1.165) is 12.2 Å². The van der Waals surface area contributed by atoms with Crippen LogP contribution < -0.4 is 5.32 Å². The van der Waals surface area contributed by atoms with Crippen molar-refractivity contribution >= 4 is 0 Å². The summed E-state index contributed by atoms with van der Waals surface area (Å²) in [6, 6.07) is 8.46. The van der Waals surface area contributed by atoms with E-state index in [9.17, 15) is 0 Å². The number of aryl methyl sites for hydroxylation is 1. The van der Waals surface area contributed by atoms with Crippen LogP contribution in [0.4, 0.5) is 0 Å². The van der Waals surface area contributed by atoms with Gasteiger partial charge in [-0.3, -0.25) is 0 Å². The second kappa shape index (κ2) is 5.36. The number of para-hydroxylation sites is 1. The molecule has 3 heteroatoms. The second-order valence-corrected chi connectivity index (χ2v) is 4.93. The van der Waals surface area contributed by atoms with Crippen molar-refractivity contribution in [3.8, 4) is 5.69 Å². The van der Waals surface area contributed by atoms with Gasteiger partial charge in [0.05, 0.1) is 11.4 Å². The van der Waals surface area contributed by atoms with Gasteiger partial charge in [-0.05, 0) is 31.5 Å². The van der Waals surface area contributed by atoms with E-state index in [1.54, 1.807) is 0 Å². The van der Waals surface area contributed by atoms with E-state index < -0.39 is 0 Å². The molecular weight excluding hydrogens is 222 g/mol. The zero-order valence-electron chi connectivity index (χ0n) is 11.6. The van der Waals surface area contributed by atoms with Crippen molar-refractivity contribution in [1.29, 1.82) is 0 Å². The van der Waals surface area contributed by atoms with Crippen LogP contribution in [-0.2, 0) is 6.54 Å². The highest BCUT2D eigenvalue weighted by Gasteiger charge is 2.10. The van der Waals surface area contributed by atoms with E-state index in [0.29, 0.717) is 5.92 Å². The van der Waals surface area contributed by atoms with Crippen LogP contribution in [-0.4, -0.2) is 16.8 Å². The monoisotopic (exact) mass is 243 g/mol. The molecule has 1 aromatic carbocycles. The fourth-order valence-electron chi connectivity index (χ4n) is 2.17. The summed E-state index contributed by atoms with van der Waals surface area (Å²) in [4.78, 5) is 0. The molecule has 0 aliphatic rings. The zero-order valence-corrected chi connectivity index (χ0v) is 11.6. The number of rotatable bonds is 4. The maximum Gasteiger partial charge on any atom is 0.0680 e. The van der Waals surface area contributed by atoms with Gasteiger partial charge in [0.25, 0.3) is 0 Å². The van der Waals surface area contributed by atoms with Gasteiger partial charge in [-0.1, -0.05) is 32.0 Å². The Morgan fingerprint density at radius 3 is 2.67 bits per heavy atom. The van der Waals surface area contributed by atoms with Crippen LogP contribution >= 0.6 is 0 Å². The molecule has 0 aliphatic heterocycles. The third kappa shape index (κ3) is 2.46. The van der Waals surface area contributed by atoms with Crippen molar-refractivity contribution in [3.05, 3.63) is 47.3 Å². The van der Waals surface area contributed by atoms with E-state index in [1.807, 2.05) is 11.7 Å². The number of nitrogens with zero attached hydrogens (tertiary/aromatic N) is 2. The summed E-state index contributed by atoms with van der Waals surface area (Å²) in [6.07, 6.45) is 2.12. The predicted octanol–water partition coefficient (Wildman–Crippen LogP) is 3.02. The molecule has 0 fully saturated rings. The van der Waals surface area contributed by atoms with E-state index in [4.69, 9.17) is 0 Å². The number of hydrogen-bond acceptors (Lipinski definition) is 2. The lowest BCUT2D eigenvalue weighted by molar-refractivity contribution is 0.801. The summed E-state index contributed by atoms with van der Waals surface area (Å²) in [6.45, 7) is 7.34. The van der Waals surface area contributed by atoms with Gasteiger partial charge >= 0.3 is 0 Å². The SMILES string of the molecule is CNCc1cn(-c2ccccc2C(C)C)nc1C. The van der Waals surface area contributed by atoms with E-state index in [1.165, 1.54) is 16.8 Å². The third-order valence-electron chi connectivity index (χ3n) is 3.17. The molecule has 1 N–H and O–H groups in total. The van der Waals surface area contributed by atoms with Gasteiger partial charge in [-0.25, -0.2) is 4.68 Å². The molecule has 0 atom stereocenters. The smallest absolute Gasteiger partial charge is 0.0680 e. The first-order valence-electron chi connectivity index (χ1n) is 6.42. The highest BCUT2D eigenvalue weighted by atomic mass is 15.3. The summed E-state index contributed by atoms with van der Waals surface area (Å²) < 4.78 is 2.00. The fraction of sp³-hybridized carbons (Fsp3) is 0.400. The largest absolute Gasteiger partial charge is 0.316 e. The Hall–Kier alpha value is -1.61. The predicted molar refractivity (Wildman–Crippen MR) is 75.2 cm³/mol. The normalized spacial score (nSPS) is 11.2. The molecule has 0 saturated heterocycles. The Kier molecular flexibility index (Phi) is 3.82. The lowest BCUT2D eigenvalue weighted by Gasteiger charge is -2.12. The molecule has 2 aromatic rings. The van der Waals surface area contributed by atoms with Gasteiger partial charge in [-0.2, -0.15) is 5.10 Å². The molecule has 0 spiro atoms. The Labute approximate surface area is 109 Å². The molecule has 0 aliphatic carbocycles. The Morgan fingerprint density at radius 1 is 1.28 bits per heavy atom. The minimum atomic E-state index is 0.499. The molecule has 0 amide bonds. The van der Waals surface area contributed by atoms with E-state index in [2.05, 4.69) is 61.6 Å². The van der Waals surface area contributed by atoms with Crippen molar-refractivity contribution in [2.75, 3.05) is 7.05 Å². The van der Waals surface area contributed by atoms with Crippen LogP contribution in [0.3, 0.4) is 0 Å². The van der Waals surface area contributed by atoms with Crippen molar-refractivity contribution in [2.24, 2.45) is 0 Å². The Morgan fingerprint density at radius 2 is 2.00 bits per heavy atom. The topological polar surface area (TPSA) is 29.9 Å². The average Bonchev–Trinajstić information content (AvgIpc) is 2.71. The highest BCUT2D eigenvalue weighted by molar-refractivity contribution is 5.43. The summed E-state index contributed by atoms with van der Waals surface area (Å²) in [5.41, 5.74) is 4.84. The van der Waals surface area contributed by atoms with Crippen LogP contribution in [0, 0.1) is 6.92 Å². The standard InChI is InChI=1S/C15H21N3/c1-11(2)14-7-5-6-8-15(14)18-10-13(9-16-4)12(3)17-18/h5-8,10-11,16H,9H2,1-4H3. The number of nitrogens with one attached hydrogen (secondary N) is 1. The van der Waals surface area contributed by atoms with Crippen molar-refractivity contribution in [2.45, 2.75) is 33.2 Å². The first kappa shape index (κ1) is 12.8. The van der Waals surface area contributed by atoms with Gasteiger partial charge < -0.3 is 5.32 Å².